The van der Waals surface area contributed by atoms with E-state index in [0.717, 1.165) is 26.0 Å². The van der Waals surface area contributed by atoms with E-state index in [4.69, 9.17) is 4.74 Å². The topological polar surface area (TPSA) is 39.1 Å². The second-order valence-corrected chi connectivity index (χ2v) is 5.11. The van der Waals surface area contributed by atoms with Crippen molar-refractivity contribution in [3.63, 3.8) is 0 Å². The van der Waals surface area contributed by atoms with Crippen LogP contribution in [0.5, 0.6) is 0 Å². The number of rotatable bonds is 6. The Bertz CT molecular complexity index is 345. The maximum atomic E-state index is 5.86. The summed E-state index contributed by atoms with van der Waals surface area (Å²) in [4.78, 5) is 0. The molecule has 1 aliphatic heterocycles. The van der Waals surface area contributed by atoms with Gasteiger partial charge in [0, 0.05) is 19.9 Å². The molecule has 0 radical (unpaired) electrons. The van der Waals surface area contributed by atoms with Gasteiger partial charge < -0.3 is 10.1 Å². The number of nitrogens with zero attached hydrogens (tertiary/aromatic N) is 2. The van der Waals surface area contributed by atoms with Gasteiger partial charge >= 0.3 is 0 Å². The Hall–Kier alpha value is -0.870. The van der Waals surface area contributed by atoms with Crippen LogP contribution in [0.4, 0.5) is 0 Å². The maximum Gasteiger partial charge on any atom is 0.0593 e. The highest BCUT2D eigenvalue weighted by Crippen LogP contribution is 2.24. The minimum Gasteiger partial charge on any atom is -0.378 e. The van der Waals surface area contributed by atoms with Crippen LogP contribution in [0.2, 0.25) is 0 Å². The molecule has 0 saturated carbocycles. The summed E-state index contributed by atoms with van der Waals surface area (Å²) < 4.78 is 7.83. The number of ether oxygens (including phenoxy) is 1. The first kappa shape index (κ1) is 13.6. The molecule has 102 valence electrons. The Morgan fingerprint density at radius 3 is 3.06 bits per heavy atom. The highest BCUT2D eigenvalue weighted by atomic mass is 16.5. The Labute approximate surface area is 110 Å². The normalized spacial score (nSPS) is 22.0. The molecule has 0 amide bonds. The zero-order valence-electron chi connectivity index (χ0n) is 11.6. The van der Waals surface area contributed by atoms with Crippen LogP contribution in [0.1, 0.15) is 50.8 Å². The van der Waals surface area contributed by atoms with Crippen LogP contribution < -0.4 is 5.32 Å². The van der Waals surface area contributed by atoms with Crippen molar-refractivity contribution in [2.45, 2.75) is 51.2 Å². The van der Waals surface area contributed by atoms with E-state index in [-0.39, 0.29) is 0 Å². The highest BCUT2D eigenvalue weighted by molar-refractivity contribution is 5.07. The fraction of sp³-hybridized carbons (Fsp3) is 0.786. The van der Waals surface area contributed by atoms with Crippen molar-refractivity contribution in [1.82, 2.24) is 15.1 Å². The minimum atomic E-state index is 0.362. The van der Waals surface area contributed by atoms with Gasteiger partial charge in [0.25, 0.3) is 0 Å². The lowest BCUT2D eigenvalue weighted by molar-refractivity contribution is 0.00458. The molecule has 1 N–H and O–H groups in total. The highest BCUT2D eigenvalue weighted by Gasteiger charge is 2.22. The summed E-state index contributed by atoms with van der Waals surface area (Å²) in [6.45, 7) is 4.17. The molecule has 0 spiro atoms. The van der Waals surface area contributed by atoms with Crippen LogP contribution in [0.15, 0.2) is 12.3 Å². The summed E-state index contributed by atoms with van der Waals surface area (Å²) in [5.74, 6) is 0. The number of hydrogen-bond acceptors (Lipinski definition) is 3. The summed E-state index contributed by atoms with van der Waals surface area (Å²) in [7, 11) is 2.01. The zero-order chi connectivity index (χ0) is 12.8. The van der Waals surface area contributed by atoms with E-state index < -0.39 is 0 Å². The molecule has 0 aromatic carbocycles. The molecule has 1 aliphatic rings. The molecule has 1 aromatic rings. The van der Waals surface area contributed by atoms with Crippen molar-refractivity contribution in [1.29, 1.82) is 0 Å². The molecule has 1 fully saturated rings. The Kier molecular flexibility index (Phi) is 5.20. The van der Waals surface area contributed by atoms with Crippen molar-refractivity contribution >= 4 is 0 Å². The van der Waals surface area contributed by atoms with Gasteiger partial charge in [0.2, 0.25) is 0 Å². The van der Waals surface area contributed by atoms with Crippen LogP contribution in [-0.4, -0.2) is 29.0 Å². The third-order valence-corrected chi connectivity index (χ3v) is 3.63. The summed E-state index contributed by atoms with van der Waals surface area (Å²) in [5, 5.41) is 7.89. The van der Waals surface area contributed by atoms with Gasteiger partial charge in [0.05, 0.1) is 17.8 Å². The predicted molar refractivity (Wildman–Crippen MR) is 72.5 cm³/mol. The molecule has 0 aliphatic carbocycles. The second kappa shape index (κ2) is 6.90. The van der Waals surface area contributed by atoms with Crippen molar-refractivity contribution < 1.29 is 4.74 Å². The first-order valence-electron chi connectivity index (χ1n) is 7.14. The maximum absolute atomic E-state index is 5.86. The molecule has 2 heterocycles. The fourth-order valence-electron chi connectivity index (χ4n) is 2.61. The molecule has 2 unspecified atom stereocenters. The van der Waals surface area contributed by atoms with Gasteiger partial charge in [-0.05, 0) is 44.7 Å². The summed E-state index contributed by atoms with van der Waals surface area (Å²) in [6, 6.07) is 2.47. The van der Waals surface area contributed by atoms with Crippen LogP contribution in [-0.2, 0) is 11.8 Å². The lowest BCUT2D eigenvalue weighted by Crippen LogP contribution is -2.30. The first-order chi connectivity index (χ1) is 8.81. The smallest absolute Gasteiger partial charge is 0.0593 e. The molecule has 1 saturated heterocycles. The molecule has 4 nitrogen and oxygen atoms in total. The third kappa shape index (κ3) is 3.56. The van der Waals surface area contributed by atoms with E-state index >= 15 is 0 Å². The molecule has 18 heavy (non-hydrogen) atoms. The van der Waals surface area contributed by atoms with Crippen LogP contribution in [0, 0.1) is 0 Å². The van der Waals surface area contributed by atoms with Crippen LogP contribution >= 0.6 is 0 Å². The van der Waals surface area contributed by atoms with Crippen molar-refractivity contribution in [3.8, 4) is 0 Å². The standard InChI is InChI=1S/C14H25N3O/c1-3-8-15-13(14-7-9-16-17(14)2)11-12-6-4-5-10-18-12/h7,9,12-13,15H,3-6,8,10-11H2,1-2H3. The van der Waals surface area contributed by atoms with Crippen molar-refractivity contribution in [2.24, 2.45) is 7.05 Å². The molecule has 1 aromatic heterocycles. The van der Waals surface area contributed by atoms with E-state index in [0.29, 0.717) is 12.1 Å². The molecule has 4 heteroatoms. The molecular formula is C14H25N3O. The van der Waals surface area contributed by atoms with Crippen molar-refractivity contribution in [2.75, 3.05) is 13.2 Å². The molecular weight excluding hydrogens is 226 g/mol. The lowest BCUT2D eigenvalue weighted by Gasteiger charge is -2.27. The van der Waals surface area contributed by atoms with E-state index in [1.807, 2.05) is 17.9 Å². The SMILES string of the molecule is CCCNC(CC1CCCCO1)c1ccnn1C. The quantitative estimate of drug-likeness (QED) is 0.844. The molecule has 2 atom stereocenters. The Balaban J connectivity index is 1.98. The second-order valence-electron chi connectivity index (χ2n) is 5.11. The summed E-state index contributed by atoms with van der Waals surface area (Å²) in [5.41, 5.74) is 1.26. The molecule has 2 rings (SSSR count). The summed E-state index contributed by atoms with van der Waals surface area (Å²) in [6.07, 6.45) is 8.20. The average Bonchev–Trinajstić information content (AvgIpc) is 2.82. The Morgan fingerprint density at radius 1 is 1.56 bits per heavy atom. The van der Waals surface area contributed by atoms with Crippen LogP contribution in [0.3, 0.4) is 0 Å². The fourth-order valence-corrected chi connectivity index (χ4v) is 2.61. The average molecular weight is 251 g/mol. The van der Waals surface area contributed by atoms with Gasteiger partial charge in [-0.1, -0.05) is 6.92 Å². The Morgan fingerprint density at radius 2 is 2.44 bits per heavy atom. The van der Waals surface area contributed by atoms with Gasteiger partial charge in [-0.25, -0.2) is 0 Å². The van der Waals surface area contributed by atoms with E-state index in [1.165, 1.54) is 25.0 Å². The van der Waals surface area contributed by atoms with Crippen molar-refractivity contribution in [3.05, 3.63) is 18.0 Å². The van der Waals surface area contributed by atoms with Gasteiger partial charge in [-0.3, -0.25) is 4.68 Å². The monoisotopic (exact) mass is 251 g/mol. The largest absolute Gasteiger partial charge is 0.378 e. The van der Waals surface area contributed by atoms with E-state index in [9.17, 15) is 0 Å². The van der Waals surface area contributed by atoms with Gasteiger partial charge in [0.1, 0.15) is 0 Å². The lowest BCUT2D eigenvalue weighted by atomic mass is 9.99. The van der Waals surface area contributed by atoms with Crippen LogP contribution in [0.25, 0.3) is 0 Å². The van der Waals surface area contributed by atoms with Gasteiger partial charge in [-0.2, -0.15) is 5.10 Å². The third-order valence-electron chi connectivity index (χ3n) is 3.63. The summed E-state index contributed by atoms with van der Waals surface area (Å²) >= 11 is 0. The van der Waals surface area contributed by atoms with E-state index in [2.05, 4.69) is 23.4 Å². The minimum absolute atomic E-state index is 0.362. The number of aromatic nitrogens is 2. The predicted octanol–water partition coefficient (Wildman–Crippen LogP) is 2.42. The molecule has 0 bridgehead atoms. The number of aryl methyl sites for hydroxylation is 1. The van der Waals surface area contributed by atoms with E-state index in [1.54, 1.807) is 0 Å². The van der Waals surface area contributed by atoms with Gasteiger partial charge in [0.15, 0.2) is 0 Å². The zero-order valence-corrected chi connectivity index (χ0v) is 11.6. The van der Waals surface area contributed by atoms with Gasteiger partial charge in [-0.15, -0.1) is 0 Å². The number of nitrogens with one attached hydrogen (secondary N) is 1. The first-order valence-corrected chi connectivity index (χ1v) is 7.14. The number of hydrogen-bond donors (Lipinski definition) is 1.